The number of carbonyl (C=O) groups excluding carboxylic acids is 1. The molecule has 0 spiro atoms. The van der Waals surface area contributed by atoms with Gasteiger partial charge < -0.3 is 4.90 Å². The Morgan fingerprint density at radius 3 is 2.50 bits per heavy atom. The van der Waals surface area contributed by atoms with Crippen LogP contribution in [0.15, 0.2) is 29.4 Å². The normalized spacial score (nSPS) is 15.2. The molecule has 1 aromatic rings. The van der Waals surface area contributed by atoms with Crippen LogP contribution < -0.4 is 4.90 Å². The molecule has 0 saturated carbocycles. The number of nitrogens with zero attached hydrogens (tertiary/aromatic N) is 5. The largest absolute Gasteiger partial charge is 0.326 e. The van der Waals surface area contributed by atoms with Crippen molar-refractivity contribution in [3.63, 3.8) is 0 Å². The summed E-state index contributed by atoms with van der Waals surface area (Å²) in [6.45, 7) is 1.42. The minimum Gasteiger partial charge on any atom is -0.326 e. The standard InChI is InChI=1S/C10H11N5O/c1-14-6-7-15(10(14)16)9-4-2-8(3-5-9)12-13-11/h2-5H,6-7H2,1H3. The minimum atomic E-state index is -0.00321. The average molecular weight is 217 g/mol. The molecule has 1 aromatic carbocycles. The summed E-state index contributed by atoms with van der Waals surface area (Å²) in [4.78, 5) is 17.7. The molecule has 0 bridgehead atoms. The van der Waals surface area contributed by atoms with Crippen LogP contribution in [-0.4, -0.2) is 31.1 Å². The number of likely N-dealkylation sites (N-methyl/N-ethyl adjacent to an activating group) is 1. The van der Waals surface area contributed by atoms with E-state index in [0.717, 1.165) is 12.2 Å². The van der Waals surface area contributed by atoms with E-state index in [4.69, 9.17) is 5.53 Å². The molecule has 0 radical (unpaired) electrons. The van der Waals surface area contributed by atoms with Crippen molar-refractivity contribution in [1.82, 2.24) is 4.90 Å². The fourth-order valence-corrected chi connectivity index (χ4v) is 1.64. The summed E-state index contributed by atoms with van der Waals surface area (Å²) in [5.74, 6) is 0. The first-order valence-corrected chi connectivity index (χ1v) is 4.90. The number of urea groups is 1. The highest BCUT2D eigenvalue weighted by Crippen LogP contribution is 2.22. The Kier molecular flexibility index (Phi) is 2.66. The summed E-state index contributed by atoms with van der Waals surface area (Å²) in [5, 5.41) is 3.48. The topological polar surface area (TPSA) is 72.3 Å². The van der Waals surface area contributed by atoms with Crippen LogP contribution in [0.4, 0.5) is 16.2 Å². The predicted molar refractivity (Wildman–Crippen MR) is 60.6 cm³/mol. The zero-order valence-electron chi connectivity index (χ0n) is 8.87. The van der Waals surface area contributed by atoms with Gasteiger partial charge in [-0.2, -0.15) is 0 Å². The second kappa shape index (κ2) is 4.12. The van der Waals surface area contributed by atoms with Crippen molar-refractivity contribution in [2.45, 2.75) is 0 Å². The summed E-state index contributed by atoms with van der Waals surface area (Å²) in [7, 11) is 1.77. The van der Waals surface area contributed by atoms with Crippen LogP contribution in [0.25, 0.3) is 10.4 Å². The molecular weight excluding hydrogens is 206 g/mol. The van der Waals surface area contributed by atoms with Crippen LogP contribution in [-0.2, 0) is 0 Å². The molecule has 82 valence electrons. The van der Waals surface area contributed by atoms with Gasteiger partial charge in [0, 0.05) is 36.4 Å². The van der Waals surface area contributed by atoms with Crippen molar-refractivity contribution >= 4 is 17.4 Å². The Bertz CT molecular complexity index is 449. The first-order valence-electron chi connectivity index (χ1n) is 4.90. The molecule has 1 fully saturated rings. The molecular formula is C10H11N5O. The maximum atomic E-state index is 11.7. The molecule has 2 amide bonds. The van der Waals surface area contributed by atoms with Gasteiger partial charge in [0.2, 0.25) is 0 Å². The summed E-state index contributed by atoms with van der Waals surface area (Å²) >= 11 is 0. The first kappa shape index (κ1) is 10.3. The van der Waals surface area contributed by atoms with E-state index < -0.39 is 0 Å². The van der Waals surface area contributed by atoms with Crippen LogP contribution >= 0.6 is 0 Å². The van der Waals surface area contributed by atoms with Crippen molar-refractivity contribution in [2.24, 2.45) is 5.11 Å². The molecule has 2 rings (SSSR count). The van der Waals surface area contributed by atoms with Gasteiger partial charge in [-0.25, -0.2) is 4.79 Å². The second-order valence-corrected chi connectivity index (χ2v) is 3.56. The number of carbonyl (C=O) groups is 1. The fraction of sp³-hybridized carbons (Fsp3) is 0.300. The maximum Gasteiger partial charge on any atom is 0.324 e. The highest BCUT2D eigenvalue weighted by molar-refractivity contribution is 5.94. The van der Waals surface area contributed by atoms with Crippen LogP contribution in [0.2, 0.25) is 0 Å². The third kappa shape index (κ3) is 1.78. The molecule has 0 unspecified atom stereocenters. The Labute approximate surface area is 92.7 Å². The van der Waals surface area contributed by atoms with Crippen molar-refractivity contribution in [1.29, 1.82) is 0 Å². The second-order valence-electron chi connectivity index (χ2n) is 3.56. The molecule has 0 atom stereocenters. The Balaban J connectivity index is 2.22. The lowest BCUT2D eigenvalue weighted by Gasteiger charge is -2.15. The number of hydrogen-bond acceptors (Lipinski definition) is 2. The zero-order chi connectivity index (χ0) is 11.5. The Hall–Kier alpha value is -2.20. The zero-order valence-corrected chi connectivity index (χ0v) is 8.87. The van der Waals surface area contributed by atoms with Gasteiger partial charge in [-0.15, -0.1) is 0 Å². The Morgan fingerprint density at radius 1 is 1.31 bits per heavy atom. The van der Waals surface area contributed by atoms with E-state index in [-0.39, 0.29) is 6.03 Å². The van der Waals surface area contributed by atoms with Gasteiger partial charge in [-0.3, -0.25) is 4.90 Å². The van der Waals surface area contributed by atoms with Crippen LogP contribution in [0.1, 0.15) is 0 Å². The SMILES string of the molecule is CN1CCN(c2ccc(N=[N+]=[N-])cc2)C1=O. The fourth-order valence-electron chi connectivity index (χ4n) is 1.64. The quantitative estimate of drug-likeness (QED) is 0.426. The van der Waals surface area contributed by atoms with E-state index in [9.17, 15) is 4.79 Å². The lowest BCUT2D eigenvalue weighted by Crippen LogP contribution is -2.28. The highest BCUT2D eigenvalue weighted by Gasteiger charge is 2.26. The third-order valence-corrected chi connectivity index (χ3v) is 2.54. The average Bonchev–Trinajstić information content (AvgIpc) is 2.62. The molecule has 1 heterocycles. The molecule has 1 saturated heterocycles. The summed E-state index contributed by atoms with van der Waals surface area (Å²) in [5.41, 5.74) is 9.64. The van der Waals surface area contributed by atoms with Gasteiger partial charge in [0.1, 0.15) is 0 Å². The van der Waals surface area contributed by atoms with Crippen molar-refractivity contribution in [3.8, 4) is 0 Å². The number of anilines is 1. The highest BCUT2D eigenvalue weighted by atomic mass is 16.2. The minimum absolute atomic E-state index is 0.00321. The number of amides is 2. The van der Waals surface area contributed by atoms with Crippen LogP contribution in [0, 0.1) is 0 Å². The molecule has 1 aliphatic rings. The van der Waals surface area contributed by atoms with E-state index in [1.165, 1.54) is 0 Å². The number of hydrogen-bond donors (Lipinski definition) is 0. The number of rotatable bonds is 2. The van der Waals surface area contributed by atoms with E-state index in [0.29, 0.717) is 12.2 Å². The molecule has 0 N–H and O–H groups in total. The summed E-state index contributed by atoms with van der Waals surface area (Å²) < 4.78 is 0. The molecule has 1 aliphatic heterocycles. The molecule has 0 aliphatic carbocycles. The van der Waals surface area contributed by atoms with Crippen molar-refractivity contribution < 1.29 is 4.79 Å². The van der Waals surface area contributed by atoms with Crippen LogP contribution in [0.5, 0.6) is 0 Å². The molecule has 0 aromatic heterocycles. The number of benzene rings is 1. The summed E-state index contributed by atoms with van der Waals surface area (Å²) in [6, 6.07) is 6.94. The lowest BCUT2D eigenvalue weighted by atomic mass is 10.2. The third-order valence-electron chi connectivity index (χ3n) is 2.54. The molecule has 16 heavy (non-hydrogen) atoms. The van der Waals surface area contributed by atoms with Gasteiger partial charge in [-0.05, 0) is 17.7 Å². The lowest BCUT2D eigenvalue weighted by molar-refractivity contribution is 0.229. The van der Waals surface area contributed by atoms with Crippen molar-refractivity contribution in [2.75, 3.05) is 25.0 Å². The van der Waals surface area contributed by atoms with E-state index in [2.05, 4.69) is 10.0 Å². The Morgan fingerprint density at radius 2 is 2.00 bits per heavy atom. The van der Waals surface area contributed by atoms with E-state index in [1.807, 2.05) is 0 Å². The summed E-state index contributed by atoms with van der Waals surface area (Å²) in [6.07, 6.45) is 0. The van der Waals surface area contributed by atoms with Crippen molar-refractivity contribution in [3.05, 3.63) is 34.7 Å². The van der Waals surface area contributed by atoms with E-state index >= 15 is 0 Å². The molecule has 6 nitrogen and oxygen atoms in total. The maximum absolute atomic E-state index is 11.7. The van der Waals surface area contributed by atoms with Gasteiger partial charge in [0.15, 0.2) is 0 Å². The van der Waals surface area contributed by atoms with E-state index in [1.54, 1.807) is 41.1 Å². The van der Waals surface area contributed by atoms with Gasteiger partial charge in [-0.1, -0.05) is 17.2 Å². The predicted octanol–water partition coefficient (Wildman–Crippen LogP) is 2.50. The van der Waals surface area contributed by atoms with Gasteiger partial charge >= 0.3 is 6.03 Å². The van der Waals surface area contributed by atoms with Gasteiger partial charge in [0.25, 0.3) is 0 Å². The van der Waals surface area contributed by atoms with Crippen LogP contribution in [0.3, 0.4) is 0 Å². The van der Waals surface area contributed by atoms with Gasteiger partial charge in [0.05, 0.1) is 0 Å². The molecule has 6 heteroatoms. The number of azide groups is 1. The monoisotopic (exact) mass is 217 g/mol. The first-order chi connectivity index (χ1) is 7.72. The smallest absolute Gasteiger partial charge is 0.324 e.